The van der Waals surface area contributed by atoms with E-state index in [1.165, 1.54) is 32.4 Å². The molecule has 2 saturated heterocycles. The number of aryl methyl sites for hydroxylation is 1. The third-order valence-corrected chi connectivity index (χ3v) is 4.22. The zero-order chi connectivity index (χ0) is 12.7. The van der Waals surface area contributed by atoms with E-state index in [-0.39, 0.29) is 0 Å². The SMILES string of the molecule is Cc1nc(N)c(C)c(NC2CCN3CCCC23)n1. The van der Waals surface area contributed by atoms with Crippen molar-refractivity contribution >= 4 is 11.6 Å². The Hall–Kier alpha value is -1.36. The molecule has 5 nitrogen and oxygen atoms in total. The number of nitrogen functional groups attached to an aromatic ring is 1. The molecule has 2 atom stereocenters. The van der Waals surface area contributed by atoms with E-state index in [2.05, 4.69) is 20.2 Å². The Morgan fingerprint density at radius 2 is 2.06 bits per heavy atom. The van der Waals surface area contributed by atoms with Crippen LogP contribution in [0.4, 0.5) is 11.6 Å². The Labute approximate surface area is 108 Å². The standard InChI is InChI=1S/C13H21N5/c1-8-12(14)15-9(2)16-13(8)17-10-5-7-18-6-3-4-11(10)18/h10-11H,3-7H2,1-2H3,(H3,14,15,16,17). The second-order valence-corrected chi connectivity index (χ2v) is 5.41. The highest BCUT2D eigenvalue weighted by Crippen LogP contribution is 2.30. The van der Waals surface area contributed by atoms with Crippen LogP contribution in [0.15, 0.2) is 0 Å². The molecule has 18 heavy (non-hydrogen) atoms. The van der Waals surface area contributed by atoms with Crippen LogP contribution in [-0.2, 0) is 0 Å². The zero-order valence-electron chi connectivity index (χ0n) is 11.1. The van der Waals surface area contributed by atoms with Crippen molar-refractivity contribution < 1.29 is 0 Å². The first-order valence-electron chi connectivity index (χ1n) is 6.76. The first-order chi connectivity index (χ1) is 8.65. The summed E-state index contributed by atoms with van der Waals surface area (Å²) >= 11 is 0. The van der Waals surface area contributed by atoms with E-state index in [4.69, 9.17) is 5.73 Å². The molecule has 0 radical (unpaired) electrons. The molecule has 0 spiro atoms. The van der Waals surface area contributed by atoms with E-state index in [0.717, 1.165) is 17.2 Å². The molecule has 5 heteroatoms. The molecule has 98 valence electrons. The van der Waals surface area contributed by atoms with Gasteiger partial charge in [0.15, 0.2) is 0 Å². The van der Waals surface area contributed by atoms with Crippen LogP contribution in [0, 0.1) is 13.8 Å². The van der Waals surface area contributed by atoms with Crippen LogP contribution < -0.4 is 11.1 Å². The largest absolute Gasteiger partial charge is 0.383 e. The van der Waals surface area contributed by atoms with Crippen molar-refractivity contribution in [3.63, 3.8) is 0 Å². The van der Waals surface area contributed by atoms with Crippen LogP contribution in [0.2, 0.25) is 0 Å². The fourth-order valence-electron chi connectivity index (χ4n) is 3.22. The van der Waals surface area contributed by atoms with Crippen molar-refractivity contribution in [2.45, 2.75) is 45.2 Å². The lowest BCUT2D eigenvalue weighted by atomic mass is 10.1. The highest BCUT2D eigenvalue weighted by molar-refractivity contribution is 5.55. The van der Waals surface area contributed by atoms with Crippen LogP contribution in [0.25, 0.3) is 0 Å². The minimum Gasteiger partial charge on any atom is -0.383 e. The molecule has 0 bridgehead atoms. The van der Waals surface area contributed by atoms with Crippen molar-refractivity contribution in [1.82, 2.24) is 14.9 Å². The first kappa shape index (κ1) is 11.7. The molecule has 0 aliphatic carbocycles. The third-order valence-electron chi connectivity index (χ3n) is 4.22. The average molecular weight is 247 g/mol. The Balaban J connectivity index is 1.80. The van der Waals surface area contributed by atoms with Crippen LogP contribution >= 0.6 is 0 Å². The second kappa shape index (κ2) is 4.39. The molecule has 2 aliphatic heterocycles. The summed E-state index contributed by atoms with van der Waals surface area (Å²) < 4.78 is 0. The van der Waals surface area contributed by atoms with Gasteiger partial charge in [0.1, 0.15) is 17.5 Å². The Bertz CT molecular complexity index is 459. The van der Waals surface area contributed by atoms with Crippen LogP contribution in [-0.4, -0.2) is 40.0 Å². The maximum absolute atomic E-state index is 5.90. The summed E-state index contributed by atoms with van der Waals surface area (Å²) in [4.78, 5) is 11.3. The lowest BCUT2D eigenvalue weighted by molar-refractivity contribution is 0.318. The summed E-state index contributed by atoms with van der Waals surface area (Å²) in [5, 5.41) is 3.59. The molecule has 0 aromatic carbocycles. The number of nitrogens with one attached hydrogen (secondary N) is 1. The van der Waals surface area contributed by atoms with E-state index in [0.29, 0.717) is 17.9 Å². The maximum Gasteiger partial charge on any atom is 0.135 e. The van der Waals surface area contributed by atoms with Crippen LogP contribution in [0.1, 0.15) is 30.7 Å². The fraction of sp³-hybridized carbons (Fsp3) is 0.692. The molecule has 0 amide bonds. The fourth-order valence-corrected chi connectivity index (χ4v) is 3.22. The quantitative estimate of drug-likeness (QED) is 0.825. The molecule has 1 aromatic rings. The predicted molar refractivity (Wildman–Crippen MR) is 72.5 cm³/mol. The van der Waals surface area contributed by atoms with Gasteiger partial charge in [-0.05, 0) is 39.7 Å². The Morgan fingerprint density at radius 1 is 1.22 bits per heavy atom. The van der Waals surface area contributed by atoms with Crippen molar-refractivity contribution in [2.75, 3.05) is 24.1 Å². The van der Waals surface area contributed by atoms with Gasteiger partial charge in [0.2, 0.25) is 0 Å². The zero-order valence-corrected chi connectivity index (χ0v) is 11.1. The molecule has 3 N–H and O–H groups in total. The predicted octanol–water partition coefficient (Wildman–Crippen LogP) is 1.32. The van der Waals surface area contributed by atoms with Crippen molar-refractivity contribution in [3.05, 3.63) is 11.4 Å². The molecule has 1 aromatic heterocycles. The summed E-state index contributed by atoms with van der Waals surface area (Å²) in [5.41, 5.74) is 6.87. The van der Waals surface area contributed by atoms with Gasteiger partial charge >= 0.3 is 0 Å². The van der Waals surface area contributed by atoms with Gasteiger partial charge in [0, 0.05) is 24.2 Å². The highest BCUT2D eigenvalue weighted by Gasteiger charge is 2.37. The minimum absolute atomic E-state index is 0.514. The summed E-state index contributed by atoms with van der Waals surface area (Å²) in [6.07, 6.45) is 3.83. The number of rotatable bonds is 2. The van der Waals surface area contributed by atoms with Crippen molar-refractivity contribution in [3.8, 4) is 0 Å². The Morgan fingerprint density at radius 3 is 2.89 bits per heavy atom. The number of aromatic nitrogens is 2. The number of hydrogen-bond acceptors (Lipinski definition) is 5. The summed E-state index contributed by atoms with van der Waals surface area (Å²) in [6.45, 7) is 6.34. The van der Waals surface area contributed by atoms with Gasteiger partial charge in [-0.25, -0.2) is 9.97 Å². The van der Waals surface area contributed by atoms with Gasteiger partial charge in [0.25, 0.3) is 0 Å². The Kier molecular flexibility index (Phi) is 2.86. The van der Waals surface area contributed by atoms with Gasteiger partial charge in [0.05, 0.1) is 0 Å². The molecular formula is C13H21N5. The maximum atomic E-state index is 5.90. The average Bonchev–Trinajstić information content (AvgIpc) is 2.90. The number of anilines is 2. The highest BCUT2D eigenvalue weighted by atomic mass is 15.2. The second-order valence-electron chi connectivity index (χ2n) is 5.41. The monoisotopic (exact) mass is 247 g/mol. The van der Waals surface area contributed by atoms with Crippen molar-refractivity contribution in [1.29, 1.82) is 0 Å². The van der Waals surface area contributed by atoms with Gasteiger partial charge < -0.3 is 11.1 Å². The van der Waals surface area contributed by atoms with Crippen LogP contribution in [0.5, 0.6) is 0 Å². The number of hydrogen-bond donors (Lipinski definition) is 2. The number of nitrogens with two attached hydrogens (primary N) is 1. The van der Waals surface area contributed by atoms with Crippen LogP contribution in [0.3, 0.4) is 0 Å². The smallest absolute Gasteiger partial charge is 0.135 e. The number of nitrogens with zero attached hydrogens (tertiary/aromatic N) is 3. The van der Waals surface area contributed by atoms with Gasteiger partial charge in [-0.15, -0.1) is 0 Å². The summed E-state index contributed by atoms with van der Waals surface area (Å²) in [5.74, 6) is 2.24. The summed E-state index contributed by atoms with van der Waals surface area (Å²) in [7, 11) is 0. The van der Waals surface area contributed by atoms with Crippen molar-refractivity contribution in [2.24, 2.45) is 0 Å². The molecule has 2 aliphatic rings. The lowest BCUT2D eigenvalue weighted by Crippen LogP contribution is -2.34. The molecule has 3 rings (SSSR count). The summed E-state index contributed by atoms with van der Waals surface area (Å²) in [6, 6.07) is 1.20. The topological polar surface area (TPSA) is 67.1 Å². The van der Waals surface area contributed by atoms with E-state index >= 15 is 0 Å². The van der Waals surface area contributed by atoms with E-state index < -0.39 is 0 Å². The molecule has 2 unspecified atom stereocenters. The van der Waals surface area contributed by atoms with Gasteiger partial charge in [-0.1, -0.05) is 0 Å². The molecule has 3 heterocycles. The molecule has 0 saturated carbocycles. The van der Waals surface area contributed by atoms with Gasteiger partial charge in [-0.2, -0.15) is 0 Å². The van der Waals surface area contributed by atoms with E-state index in [1.54, 1.807) is 0 Å². The molecule has 2 fully saturated rings. The van der Waals surface area contributed by atoms with E-state index in [9.17, 15) is 0 Å². The number of fused-ring (bicyclic) bond motifs is 1. The first-order valence-corrected chi connectivity index (χ1v) is 6.76. The normalized spacial score (nSPS) is 27.4. The van der Waals surface area contributed by atoms with E-state index in [1.807, 2.05) is 13.8 Å². The third kappa shape index (κ3) is 1.92. The minimum atomic E-state index is 0.514. The molecular weight excluding hydrogens is 226 g/mol. The lowest BCUT2D eigenvalue weighted by Gasteiger charge is -2.22. The van der Waals surface area contributed by atoms with Gasteiger partial charge in [-0.3, -0.25) is 4.90 Å².